The molecule has 2 aliphatic heterocycles. The summed E-state index contributed by atoms with van der Waals surface area (Å²) in [6.45, 7) is 4.06. The molecule has 2 fully saturated rings. The number of amides is 1. The molecule has 2 heterocycles. The van der Waals surface area contributed by atoms with Gasteiger partial charge in [0.2, 0.25) is 17.2 Å². The number of carbonyl (C=O) groups excluding carboxylic acids is 2. The van der Waals surface area contributed by atoms with Crippen LogP contribution in [0.1, 0.15) is 59.2 Å². The second kappa shape index (κ2) is 6.56. The van der Waals surface area contributed by atoms with Gasteiger partial charge >= 0.3 is 0 Å². The first-order valence-corrected chi connectivity index (χ1v) is 11.4. The molecule has 4 aliphatic rings. The molecule has 0 aromatic heterocycles. The summed E-state index contributed by atoms with van der Waals surface area (Å²) in [5.74, 6) is -1.35. The number of ether oxygens (including phenoxy) is 1. The summed E-state index contributed by atoms with van der Waals surface area (Å²) < 4.78 is 6.16. The highest BCUT2D eigenvalue weighted by atomic mass is 16.6. The minimum Gasteiger partial charge on any atom is -0.454 e. The second-order valence-corrected chi connectivity index (χ2v) is 9.65. The van der Waals surface area contributed by atoms with Crippen molar-refractivity contribution in [2.45, 2.75) is 43.4 Å². The summed E-state index contributed by atoms with van der Waals surface area (Å²) in [4.78, 5) is 28.9. The van der Waals surface area contributed by atoms with Crippen molar-refractivity contribution in [1.29, 1.82) is 0 Å². The number of benzene rings is 2. The first kappa shape index (κ1) is 19.8. The number of hydrogen-bond donors (Lipinski definition) is 3. The van der Waals surface area contributed by atoms with E-state index in [0.29, 0.717) is 28.7 Å². The molecule has 6 rings (SSSR count). The molecule has 0 spiro atoms. The zero-order chi connectivity index (χ0) is 22.3. The molecular weight excluding hydrogens is 406 g/mol. The lowest BCUT2D eigenvalue weighted by Crippen LogP contribution is -2.61. The summed E-state index contributed by atoms with van der Waals surface area (Å²) in [6.07, 6.45) is 3.48. The van der Waals surface area contributed by atoms with Crippen molar-refractivity contribution in [1.82, 2.24) is 10.2 Å². The Kier molecular flexibility index (Phi) is 4.05. The maximum atomic E-state index is 13.9. The van der Waals surface area contributed by atoms with Gasteiger partial charge in [0.1, 0.15) is 5.75 Å². The number of aliphatic hydroxyl groups is 1. The van der Waals surface area contributed by atoms with Crippen LogP contribution in [0, 0.1) is 5.92 Å². The zero-order valence-electron chi connectivity index (χ0n) is 18.1. The Bertz CT molecular complexity index is 1160. The van der Waals surface area contributed by atoms with E-state index >= 15 is 0 Å². The summed E-state index contributed by atoms with van der Waals surface area (Å²) >= 11 is 0. The Morgan fingerprint density at radius 1 is 1.28 bits per heavy atom. The van der Waals surface area contributed by atoms with Crippen LogP contribution in [0.2, 0.25) is 0 Å². The minimum atomic E-state index is -2.05. The molecule has 3 atom stereocenters. The number of nitrogens with two attached hydrogens (primary N) is 1. The number of hydrogen-bond acceptors (Lipinski definition) is 6. The van der Waals surface area contributed by atoms with E-state index < -0.39 is 17.1 Å². The first-order valence-electron chi connectivity index (χ1n) is 11.4. The number of nitrogens with one attached hydrogen (secondary N) is 1. The predicted octanol–water partition coefficient (Wildman–Crippen LogP) is 2.23. The van der Waals surface area contributed by atoms with Crippen LogP contribution in [-0.2, 0) is 16.1 Å². The fraction of sp³-hybridized carbons (Fsp3) is 0.440. The van der Waals surface area contributed by atoms with Gasteiger partial charge in [-0.25, -0.2) is 0 Å². The SMILES string of the molecule is C[C@H](c1ccc2c(c1)O[C@]1(O)c3cccc(N)c3C(=O)[C@]21NC(=O)CN1CCC1)C1CC1. The van der Waals surface area contributed by atoms with Crippen LogP contribution in [0.5, 0.6) is 5.75 Å². The summed E-state index contributed by atoms with van der Waals surface area (Å²) in [5, 5.41) is 14.8. The van der Waals surface area contributed by atoms with Crippen molar-refractivity contribution < 1.29 is 19.4 Å². The van der Waals surface area contributed by atoms with Gasteiger partial charge in [-0.05, 0) is 61.9 Å². The van der Waals surface area contributed by atoms with Gasteiger partial charge < -0.3 is 20.9 Å². The fourth-order valence-electron chi connectivity index (χ4n) is 5.53. The summed E-state index contributed by atoms with van der Waals surface area (Å²) in [7, 11) is 0. The molecule has 4 N–H and O–H groups in total. The maximum Gasteiger partial charge on any atom is 0.271 e. The Morgan fingerprint density at radius 2 is 2.06 bits per heavy atom. The van der Waals surface area contributed by atoms with Crippen molar-refractivity contribution in [3.05, 3.63) is 58.7 Å². The Hall–Kier alpha value is -2.90. The largest absolute Gasteiger partial charge is 0.454 e. The molecule has 7 nitrogen and oxygen atoms in total. The molecule has 2 aromatic rings. The minimum absolute atomic E-state index is 0.170. The van der Waals surface area contributed by atoms with Crippen LogP contribution in [-0.4, -0.2) is 41.3 Å². The number of Topliss-reactive ketones (excluding diaryl/α,β-unsaturated/α-hetero) is 1. The monoisotopic (exact) mass is 433 g/mol. The molecular formula is C25H27N3O4. The highest BCUT2D eigenvalue weighted by Crippen LogP contribution is 2.59. The standard InChI is InChI=1S/C25H27N3O4/c1-14(15-6-7-15)16-8-9-17-20(12-16)32-25(31)18-4-2-5-19(26)22(18)23(30)24(17,25)27-21(29)13-28-10-3-11-28/h2,4-5,8-9,12,14-15,31H,3,6-7,10-11,13,26H2,1H3,(H,27,29)/t14-,24+,25+/m0/s1. The van der Waals surface area contributed by atoms with Crippen LogP contribution < -0.4 is 15.8 Å². The molecule has 0 radical (unpaired) electrons. The van der Waals surface area contributed by atoms with E-state index in [-0.39, 0.29) is 23.7 Å². The summed E-state index contributed by atoms with van der Waals surface area (Å²) in [5.41, 5.74) is 6.73. The second-order valence-electron chi connectivity index (χ2n) is 9.65. The quantitative estimate of drug-likeness (QED) is 0.625. The van der Waals surface area contributed by atoms with Crippen LogP contribution in [0.25, 0.3) is 0 Å². The highest BCUT2D eigenvalue weighted by Gasteiger charge is 2.72. The van der Waals surface area contributed by atoms with Crippen molar-refractivity contribution in [2.24, 2.45) is 5.92 Å². The van der Waals surface area contributed by atoms with Gasteiger partial charge in [0.05, 0.1) is 12.1 Å². The lowest BCUT2D eigenvalue weighted by atomic mass is 9.81. The third kappa shape index (κ3) is 2.49. The Morgan fingerprint density at radius 3 is 2.75 bits per heavy atom. The van der Waals surface area contributed by atoms with Gasteiger partial charge in [0, 0.05) is 16.8 Å². The molecule has 0 bridgehead atoms. The topological polar surface area (TPSA) is 105 Å². The predicted molar refractivity (Wildman–Crippen MR) is 118 cm³/mol. The van der Waals surface area contributed by atoms with Crippen molar-refractivity contribution in [3.8, 4) is 5.75 Å². The number of nitrogens with zero attached hydrogens (tertiary/aromatic N) is 1. The number of nitrogen functional groups attached to an aromatic ring is 1. The van der Waals surface area contributed by atoms with Crippen molar-refractivity contribution in [2.75, 3.05) is 25.4 Å². The molecule has 0 unspecified atom stereocenters. The van der Waals surface area contributed by atoms with Gasteiger partial charge in [-0.1, -0.05) is 31.2 Å². The Balaban J connectivity index is 1.48. The lowest BCUT2D eigenvalue weighted by molar-refractivity contribution is -0.175. The zero-order valence-corrected chi connectivity index (χ0v) is 18.1. The molecule has 1 saturated heterocycles. The van der Waals surface area contributed by atoms with Crippen LogP contribution in [0.15, 0.2) is 36.4 Å². The number of anilines is 1. The highest BCUT2D eigenvalue weighted by molar-refractivity contribution is 6.15. The molecule has 32 heavy (non-hydrogen) atoms. The van der Waals surface area contributed by atoms with Crippen LogP contribution in [0.3, 0.4) is 0 Å². The fourth-order valence-corrected chi connectivity index (χ4v) is 5.53. The smallest absolute Gasteiger partial charge is 0.271 e. The van der Waals surface area contributed by atoms with Crippen molar-refractivity contribution in [3.63, 3.8) is 0 Å². The van der Waals surface area contributed by atoms with E-state index in [9.17, 15) is 14.7 Å². The number of rotatable bonds is 5. The molecule has 1 saturated carbocycles. The van der Waals surface area contributed by atoms with E-state index in [4.69, 9.17) is 10.5 Å². The molecule has 7 heteroatoms. The van der Waals surface area contributed by atoms with E-state index in [1.165, 1.54) is 12.8 Å². The number of likely N-dealkylation sites (tertiary alicyclic amines) is 1. The van der Waals surface area contributed by atoms with Crippen LogP contribution >= 0.6 is 0 Å². The van der Waals surface area contributed by atoms with E-state index in [1.807, 2.05) is 23.1 Å². The van der Waals surface area contributed by atoms with Gasteiger partial charge in [-0.3, -0.25) is 14.5 Å². The third-order valence-corrected chi connectivity index (χ3v) is 7.70. The first-order chi connectivity index (χ1) is 15.3. The van der Waals surface area contributed by atoms with Gasteiger partial charge in [-0.2, -0.15) is 0 Å². The van der Waals surface area contributed by atoms with Gasteiger partial charge in [0.25, 0.3) is 5.79 Å². The number of ketones is 1. The van der Waals surface area contributed by atoms with Crippen molar-refractivity contribution >= 4 is 17.4 Å². The number of carbonyl (C=O) groups is 2. The molecule has 166 valence electrons. The average Bonchev–Trinajstić information content (AvgIpc) is 3.52. The average molecular weight is 434 g/mol. The van der Waals surface area contributed by atoms with Gasteiger partial charge in [0.15, 0.2) is 0 Å². The van der Waals surface area contributed by atoms with Crippen LogP contribution in [0.4, 0.5) is 5.69 Å². The van der Waals surface area contributed by atoms with Gasteiger partial charge in [-0.15, -0.1) is 0 Å². The lowest BCUT2D eigenvalue weighted by Gasteiger charge is -2.36. The molecule has 2 aromatic carbocycles. The van der Waals surface area contributed by atoms with E-state index in [2.05, 4.69) is 12.2 Å². The normalized spacial score (nSPS) is 28.9. The third-order valence-electron chi connectivity index (χ3n) is 7.70. The number of fused-ring (bicyclic) bond motifs is 5. The van der Waals surface area contributed by atoms with E-state index in [0.717, 1.165) is 25.1 Å². The van der Waals surface area contributed by atoms with E-state index in [1.54, 1.807) is 18.2 Å². The molecule has 2 aliphatic carbocycles. The maximum absolute atomic E-state index is 13.9. The molecule has 1 amide bonds. The Labute approximate surface area is 186 Å². The summed E-state index contributed by atoms with van der Waals surface area (Å²) in [6, 6.07) is 10.7.